The summed E-state index contributed by atoms with van der Waals surface area (Å²) in [6, 6.07) is 19.1. The molecule has 1 heterocycles. The molecule has 4 aromatic rings. The predicted molar refractivity (Wildman–Crippen MR) is 168 cm³/mol. The second-order valence-electron chi connectivity index (χ2n) is 10.7. The fraction of sp³-hybridized carbons (Fsp3) is 0.258. The minimum atomic E-state index is -0.533. The molecule has 13 heteroatoms. The number of ether oxygens (including phenoxy) is 2. The summed E-state index contributed by atoms with van der Waals surface area (Å²) < 4.78 is 11.6. The summed E-state index contributed by atoms with van der Waals surface area (Å²) >= 11 is 1.06. The standard InChI is InChI=1S/C31H32N6O6S/c1-20-7-5-6-8-25(20)29(39)33-30-36-35-28(44-30)18-27(38)34-32-19-21-17-23(37(40)41)11-14-26(21)43-16-15-42-24-12-9-22(10-13-24)31(2,3)4/h5-14,17,19H,15-16,18H2,1-4H3,(H,34,38)(H,33,36,39)/b32-19+. The normalized spacial score (nSPS) is 11.3. The molecule has 0 unspecified atom stereocenters. The molecule has 0 aliphatic rings. The maximum atomic E-state index is 12.5. The van der Waals surface area contributed by atoms with Crippen LogP contribution in [0, 0.1) is 17.0 Å². The van der Waals surface area contributed by atoms with Crippen LogP contribution in [0.25, 0.3) is 0 Å². The second-order valence-corrected chi connectivity index (χ2v) is 11.8. The van der Waals surface area contributed by atoms with Crippen molar-refractivity contribution in [2.45, 2.75) is 39.5 Å². The van der Waals surface area contributed by atoms with Gasteiger partial charge in [0.2, 0.25) is 11.0 Å². The number of carbonyl (C=O) groups is 2. The topological polar surface area (TPSA) is 158 Å². The van der Waals surface area contributed by atoms with Gasteiger partial charge in [0.1, 0.15) is 29.7 Å². The molecule has 2 N–H and O–H groups in total. The lowest BCUT2D eigenvalue weighted by Crippen LogP contribution is -2.19. The van der Waals surface area contributed by atoms with Gasteiger partial charge >= 0.3 is 0 Å². The Labute approximate surface area is 258 Å². The van der Waals surface area contributed by atoms with Crippen LogP contribution in [0.5, 0.6) is 11.5 Å². The van der Waals surface area contributed by atoms with E-state index in [2.05, 4.69) is 46.8 Å². The fourth-order valence-electron chi connectivity index (χ4n) is 3.96. The van der Waals surface area contributed by atoms with Crippen LogP contribution in [0.1, 0.15) is 52.8 Å². The third-order valence-electron chi connectivity index (χ3n) is 6.32. The van der Waals surface area contributed by atoms with E-state index in [1.54, 1.807) is 12.1 Å². The average molecular weight is 617 g/mol. The van der Waals surface area contributed by atoms with E-state index in [1.165, 1.54) is 30.0 Å². The molecular weight excluding hydrogens is 584 g/mol. The van der Waals surface area contributed by atoms with Gasteiger partial charge < -0.3 is 9.47 Å². The highest BCUT2D eigenvalue weighted by Gasteiger charge is 2.15. The Hall–Kier alpha value is -5.17. The number of anilines is 1. The van der Waals surface area contributed by atoms with Gasteiger partial charge in [-0.3, -0.25) is 25.0 Å². The number of hydrazone groups is 1. The van der Waals surface area contributed by atoms with Crippen molar-refractivity contribution in [3.8, 4) is 11.5 Å². The summed E-state index contributed by atoms with van der Waals surface area (Å²) in [4.78, 5) is 35.7. The molecule has 0 aliphatic carbocycles. The number of nitro benzene ring substituents is 1. The van der Waals surface area contributed by atoms with E-state index in [4.69, 9.17) is 9.47 Å². The number of carbonyl (C=O) groups excluding carboxylic acids is 2. The molecule has 2 amide bonds. The molecular formula is C31H32N6O6S. The van der Waals surface area contributed by atoms with Gasteiger partial charge in [0.05, 0.1) is 17.6 Å². The van der Waals surface area contributed by atoms with E-state index in [1.807, 2.05) is 43.3 Å². The molecule has 0 atom stereocenters. The molecule has 0 saturated heterocycles. The number of hydrogen-bond donors (Lipinski definition) is 2. The van der Waals surface area contributed by atoms with Gasteiger partial charge in [0.15, 0.2) is 0 Å². The van der Waals surface area contributed by atoms with Crippen molar-refractivity contribution in [1.82, 2.24) is 15.6 Å². The van der Waals surface area contributed by atoms with E-state index in [9.17, 15) is 19.7 Å². The number of aromatic nitrogens is 2. The van der Waals surface area contributed by atoms with Crippen molar-refractivity contribution in [2.24, 2.45) is 5.10 Å². The quantitative estimate of drug-likeness (QED) is 0.0920. The van der Waals surface area contributed by atoms with Gasteiger partial charge in [0.25, 0.3) is 11.6 Å². The SMILES string of the molecule is Cc1ccccc1C(=O)Nc1nnc(CC(=O)N/N=C/c2cc([N+](=O)[O-])ccc2OCCOc2ccc(C(C)(C)C)cc2)s1. The summed E-state index contributed by atoms with van der Waals surface area (Å²) in [7, 11) is 0. The first kappa shape index (κ1) is 31.8. The van der Waals surface area contributed by atoms with Gasteiger partial charge in [0, 0.05) is 23.3 Å². The zero-order valence-electron chi connectivity index (χ0n) is 24.7. The first-order valence-corrected chi connectivity index (χ1v) is 14.5. The Kier molecular flexibility index (Phi) is 10.3. The van der Waals surface area contributed by atoms with Crippen LogP contribution >= 0.6 is 11.3 Å². The highest BCUT2D eigenvalue weighted by Crippen LogP contribution is 2.25. The van der Waals surface area contributed by atoms with Crippen molar-refractivity contribution in [3.05, 3.63) is 104 Å². The van der Waals surface area contributed by atoms with Crippen LogP contribution in [-0.4, -0.2) is 46.4 Å². The van der Waals surface area contributed by atoms with Gasteiger partial charge in [-0.2, -0.15) is 5.10 Å². The van der Waals surface area contributed by atoms with E-state index in [0.717, 1.165) is 16.9 Å². The van der Waals surface area contributed by atoms with E-state index < -0.39 is 10.8 Å². The molecule has 0 aliphatic heterocycles. The maximum Gasteiger partial charge on any atom is 0.270 e. The number of nitrogens with zero attached hydrogens (tertiary/aromatic N) is 4. The molecule has 3 aromatic carbocycles. The zero-order chi connectivity index (χ0) is 31.7. The number of aryl methyl sites for hydroxylation is 1. The molecule has 0 spiro atoms. The van der Waals surface area contributed by atoms with E-state index >= 15 is 0 Å². The van der Waals surface area contributed by atoms with Gasteiger partial charge in [-0.25, -0.2) is 5.43 Å². The molecule has 12 nitrogen and oxygen atoms in total. The summed E-state index contributed by atoms with van der Waals surface area (Å²) in [6.07, 6.45) is 1.13. The summed E-state index contributed by atoms with van der Waals surface area (Å²) in [5.74, 6) is 0.216. The van der Waals surface area contributed by atoms with Crippen LogP contribution in [0.15, 0.2) is 71.8 Å². The molecule has 1 aromatic heterocycles. The van der Waals surface area contributed by atoms with Crippen LogP contribution in [-0.2, 0) is 16.6 Å². The highest BCUT2D eigenvalue weighted by atomic mass is 32.1. The van der Waals surface area contributed by atoms with Crippen molar-refractivity contribution < 1.29 is 24.0 Å². The predicted octanol–water partition coefficient (Wildman–Crippen LogP) is 5.46. The fourth-order valence-corrected chi connectivity index (χ4v) is 4.70. The van der Waals surface area contributed by atoms with Crippen molar-refractivity contribution in [2.75, 3.05) is 18.5 Å². The lowest BCUT2D eigenvalue weighted by molar-refractivity contribution is -0.384. The first-order valence-electron chi connectivity index (χ1n) is 13.7. The number of nitrogens with one attached hydrogen (secondary N) is 2. The van der Waals surface area contributed by atoms with Crippen LogP contribution in [0.4, 0.5) is 10.8 Å². The second kappa shape index (κ2) is 14.3. The van der Waals surface area contributed by atoms with E-state index in [0.29, 0.717) is 27.6 Å². The lowest BCUT2D eigenvalue weighted by Gasteiger charge is -2.19. The summed E-state index contributed by atoms with van der Waals surface area (Å²) in [5, 5.41) is 26.4. The number of benzene rings is 3. The number of nitro groups is 1. The summed E-state index contributed by atoms with van der Waals surface area (Å²) in [5.41, 5.74) is 5.08. The number of non-ortho nitro benzene ring substituents is 1. The molecule has 0 radical (unpaired) electrons. The van der Waals surface area contributed by atoms with Crippen LogP contribution in [0.3, 0.4) is 0 Å². The number of amides is 2. The Morgan fingerprint density at radius 2 is 1.75 bits per heavy atom. The maximum absolute atomic E-state index is 12.5. The molecule has 4 rings (SSSR count). The van der Waals surface area contributed by atoms with Crippen molar-refractivity contribution in [1.29, 1.82) is 0 Å². The average Bonchev–Trinajstić information content (AvgIpc) is 3.41. The highest BCUT2D eigenvalue weighted by molar-refractivity contribution is 7.15. The smallest absolute Gasteiger partial charge is 0.270 e. The number of rotatable bonds is 12. The summed E-state index contributed by atoms with van der Waals surface area (Å²) in [6.45, 7) is 8.66. The Morgan fingerprint density at radius 3 is 2.45 bits per heavy atom. The molecule has 0 bridgehead atoms. The largest absolute Gasteiger partial charge is 0.490 e. The minimum absolute atomic E-state index is 0.0393. The van der Waals surface area contributed by atoms with E-state index in [-0.39, 0.29) is 41.8 Å². The first-order chi connectivity index (χ1) is 21.0. The monoisotopic (exact) mass is 616 g/mol. The van der Waals surface area contributed by atoms with Crippen LogP contribution < -0.4 is 20.2 Å². The van der Waals surface area contributed by atoms with Gasteiger partial charge in [-0.1, -0.05) is 62.4 Å². The molecule has 44 heavy (non-hydrogen) atoms. The third-order valence-corrected chi connectivity index (χ3v) is 7.15. The molecule has 0 saturated carbocycles. The Morgan fingerprint density at radius 1 is 1.02 bits per heavy atom. The third kappa shape index (κ3) is 8.91. The lowest BCUT2D eigenvalue weighted by atomic mass is 9.87. The van der Waals surface area contributed by atoms with Crippen LogP contribution in [0.2, 0.25) is 0 Å². The molecule has 0 fully saturated rings. The van der Waals surface area contributed by atoms with Gasteiger partial charge in [-0.15, -0.1) is 10.2 Å². The Bertz CT molecular complexity index is 1660. The molecule has 228 valence electrons. The number of hydrogen-bond acceptors (Lipinski definition) is 10. The van der Waals surface area contributed by atoms with Crippen molar-refractivity contribution in [3.63, 3.8) is 0 Å². The van der Waals surface area contributed by atoms with Gasteiger partial charge in [-0.05, 0) is 47.7 Å². The zero-order valence-corrected chi connectivity index (χ0v) is 25.5. The Balaban J connectivity index is 1.30. The minimum Gasteiger partial charge on any atom is -0.490 e. The van der Waals surface area contributed by atoms with Crippen molar-refractivity contribution >= 4 is 40.2 Å².